The number of unbranched alkanes of at least 4 members (excludes halogenated alkanes) is 2. The lowest BCUT2D eigenvalue weighted by molar-refractivity contribution is 0.412. The van der Waals surface area contributed by atoms with Crippen molar-refractivity contribution in [1.82, 2.24) is 4.57 Å². The van der Waals surface area contributed by atoms with Gasteiger partial charge in [0.1, 0.15) is 5.75 Å². The van der Waals surface area contributed by atoms with Gasteiger partial charge in [0.25, 0.3) is 5.56 Å². The number of hydrogen-bond donors (Lipinski definition) is 1. The Kier molecular flexibility index (Phi) is 5.26. The normalized spacial score (nSPS) is 10.7. The van der Waals surface area contributed by atoms with Crippen LogP contribution in [-0.4, -0.2) is 11.7 Å². The van der Waals surface area contributed by atoms with Crippen LogP contribution < -0.4 is 16.0 Å². The van der Waals surface area contributed by atoms with E-state index in [0.717, 1.165) is 41.8 Å². The molecule has 0 radical (unpaired) electrons. The highest BCUT2D eigenvalue weighted by atomic mass is 16.5. The molecule has 1 aromatic heterocycles. The summed E-state index contributed by atoms with van der Waals surface area (Å²) in [4.78, 5) is 12.4. The molecule has 22 heavy (non-hydrogen) atoms. The first kappa shape index (κ1) is 16.1. The minimum absolute atomic E-state index is 0.109. The molecule has 0 aliphatic rings. The molecule has 0 bridgehead atoms. The standard InChI is InChI=1S/C18H24N2O2/c1-4-5-6-11-20-16(9-8-15(19)18(20)21)14-7-10-17(22-3)13(2)12-14/h7-10,12H,4-6,11,19H2,1-3H3. The Hall–Kier alpha value is -2.23. The van der Waals surface area contributed by atoms with Gasteiger partial charge in [0.2, 0.25) is 0 Å². The van der Waals surface area contributed by atoms with Crippen LogP contribution in [0.3, 0.4) is 0 Å². The average Bonchev–Trinajstić information content (AvgIpc) is 2.51. The maximum atomic E-state index is 12.4. The van der Waals surface area contributed by atoms with Gasteiger partial charge in [-0.25, -0.2) is 0 Å². The minimum Gasteiger partial charge on any atom is -0.496 e. The molecule has 0 aliphatic heterocycles. The Balaban J connectivity index is 2.47. The van der Waals surface area contributed by atoms with Crippen LogP contribution in [0, 0.1) is 6.92 Å². The molecule has 2 rings (SSSR count). The number of anilines is 1. The highest BCUT2D eigenvalue weighted by Gasteiger charge is 2.10. The van der Waals surface area contributed by atoms with Crippen LogP contribution in [0.5, 0.6) is 5.75 Å². The largest absolute Gasteiger partial charge is 0.496 e. The lowest BCUT2D eigenvalue weighted by Gasteiger charge is -2.15. The Bertz CT molecular complexity index is 705. The zero-order chi connectivity index (χ0) is 16.1. The van der Waals surface area contributed by atoms with Crippen molar-refractivity contribution in [2.24, 2.45) is 0 Å². The number of hydrogen-bond acceptors (Lipinski definition) is 3. The molecule has 0 unspecified atom stereocenters. The van der Waals surface area contributed by atoms with E-state index in [4.69, 9.17) is 10.5 Å². The molecule has 1 aromatic carbocycles. The summed E-state index contributed by atoms with van der Waals surface area (Å²) in [6, 6.07) is 9.56. The topological polar surface area (TPSA) is 57.2 Å². The Morgan fingerprint density at radius 2 is 1.95 bits per heavy atom. The summed E-state index contributed by atoms with van der Waals surface area (Å²) in [5, 5.41) is 0. The third-order valence-electron chi connectivity index (χ3n) is 3.88. The summed E-state index contributed by atoms with van der Waals surface area (Å²) in [5.41, 5.74) is 8.94. The molecule has 2 N–H and O–H groups in total. The Morgan fingerprint density at radius 3 is 2.59 bits per heavy atom. The number of aryl methyl sites for hydroxylation is 1. The fourth-order valence-electron chi connectivity index (χ4n) is 2.63. The number of nitrogens with two attached hydrogens (primary N) is 1. The first-order chi connectivity index (χ1) is 10.6. The van der Waals surface area contributed by atoms with E-state index in [1.165, 1.54) is 0 Å². The van der Waals surface area contributed by atoms with Gasteiger partial charge in [-0.1, -0.05) is 19.8 Å². The van der Waals surface area contributed by atoms with Gasteiger partial charge in [-0.15, -0.1) is 0 Å². The van der Waals surface area contributed by atoms with Crippen LogP contribution in [0.25, 0.3) is 11.3 Å². The molecule has 1 heterocycles. The lowest BCUT2D eigenvalue weighted by atomic mass is 10.1. The lowest BCUT2D eigenvalue weighted by Crippen LogP contribution is -2.24. The zero-order valence-electron chi connectivity index (χ0n) is 13.6. The number of pyridine rings is 1. The van der Waals surface area contributed by atoms with E-state index >= 15 is 0 Å². The van der Waals surface area contributed by atoms with Crippen molar-refractivity contribution in [3.8, 4) is 17.0 Å². The molecule has 0 atom stereocenters. The van der Waals surface area contributed by atoms with E-state index in [1.54, 1.807) is 17.7 Å². The van der Waals surface area contributed by atoms with Crippen LogP contribution in [0.4, 0.5) is 5.69 Å². The predicted octanol–water partition coefficient (Wildman–Crippen LogP) is 3.60. The fraction of sp³-hybridized carbons (Fsp3) is 0.389. The monoisotopic (exact) mass is 300 g/mol. The third kappa shape index (κ3) is 3.32. The third-order valence-corrected chi connectivity index (χ3v) is 3.88. The summed E-state index contributed by atoms with van der Waals surface area (Å²) in [6.07, 6.45) is 3.19. The van der Waals surface area contributed by atoms with Crippen molar-refractivity contribution in [1.29, 1.82) is 0 Å². The molecule has 2 aromatic rings. The maximum Gasteiger partial charge on any atom is 0.274 e. The summed E-state index contributed by atoms with van der Waals surface area (Å²) in [7, 11) is 1.66. The van der Waals surface area contributed by atoms with Crippen LogP contribution in [0.2, 0.25) is 0 Å². The predicted molar refractivity (Wildman–Crippen MR) is 91.4 cm³/mol. The second-order valence-electron chi connectivity index (χ2n) is 5.52. The van der Waals surface area contributed by atoms with Crippen molar-refractivity contribution < 1.29 is 4.74 Å². The van der Waals surface area contributed by atoms with Gasteiger partial charge in [0.05, 0.1) is 18.5 Å². The smallest absolute Gasteiger partial charge is 0.274 e. The second kappa shape index (κ2) is 7.16. The molecule has 0 amide bonds. The summed E-state index contributed by atoms with van der Waals surface area (Å²) >= 11 is 0. The summed E-state index contributed by atoms with van der Waals surface area (Å²) < 4.78 is 7.08. The summed E-state index contributed by atoms with van der Waals surface area (Å²) in [6.45, 7) is 4.84. The quantitative estimate of drug-likeness (QED) is 0.829. The van der Waals surface area contributed by atoms with Crippen molar-refractivity contribution in [3.05, 3.63) is 46.2 Å². The van der Waals surface area contributed by atoms with Gasteiger partial charge in [-0.3, -0.25) is 4.79 Å². The van der Waals surface area contributed by atoms with Gasteiger partial charge in [0, 0.05) is 6.54 Å². The van der Waals surface area contributed by atoms with E-state index in [0.29, 0.717) is 12.2 Å². The molecular formula is C18H24N2O2. The number of aromatic nitrogens is 1. The number of nitrogen functional groups attached to an aromatic ring is 1. The van der Waals surface area contributed by atoms with Crippen molar-refractivity contribution in [3.63, 3.8) is 0 Å². The molecule has 0 saturated carbocycles. The number of ether oxygens (including phenoxy) is 1. The van der Waals surface area contributed by atoms with Crippen LogP contribution in [0.1, 0.15) is 31.7 Å². The van der Waals surface area contributed by atoms with E-state index < -0.39 is 0 Å². The first-order valence-electron chi connectivity index (χ1n) is 7.72. The minimum atomic E-state index is -0.109. The number of rotatable bonds is 6. The van der Waals surface area contributed by atoms with Gasteiger partial charge in [-0.05, 0) is 54.8 Å². The van der Waals surface area contributed by atoms with E-state index in [1.807, 2.05) is 31.2 Å². The van der Waals surface area contributed by atoms with E-state index in [2.05, 4.69) is 6.92 Å². The molecule has 118 valence electrons. The highest BCUT2D eigenvalue weighted by molar-refractivity contribution is 5.64. The molecule has 0 aliphatic carbocycles. The molecule has 0 fully saturated rings. The van der Waals surface area contributed by atoms with Gasteiger partial charge < -0.3 is 15.0 Å². The number of nitrogens with zero attached hydrogens (tertiary/aromatic N) is 1. The Labute approximate surface area is 131 Å². The van der Waals surface area contributed by atoms with Gasteiger partial charge in [-0.2, -0.15) is 0 Å². The van der Waals surface area contributed by atoms with Crippen molar-refractivity contribution in [2.45, 2.75) is 39.7 Å². The van der Waals surface area contributed by atoms with Crippen LogP contribution in [-0.2, 0) is 6.54 Å². The molecular weight excluding hydrogens is 276 g/mol. The average molecular weight is 300 g/mol. The van der Waals surface area contributed by atoms with Crippen LogP contribution >= 0.6 is 0 Å². The van der Waals surface area contributed by atoms with Gasteiger partial charge >= 0.3 is 0 Å². The molecule has 0 saturated heterocycles. The van der Waals surface area contributed by atoms with E-state index in [9.17, 15) is 4.79 Å². The number of benzene rings is 1. The maximum absolute atomic E-state index is 12.4. The van der Waals surface area contributed by atoms with Crippen molar-refractivity contribution in [2.75, 3.05) is 12.8 Å². The highest BCUT2D eigenvalue weighted by Crippen LogP contribution is 2.26. The second-order valence-corrected chi connectivity index (χ2v) is 5.52. The molecule has 0 spiro atoms. The van der Waals surface area contributed by atoms with Crippen LogP contribution in [0.15, 0.2) is 35.1 Å². The fourth-order valence-corrected chi connectivity index (χ4v) is 2.63. The SMILES string of the molecule is CCCCCn1c(-c2ccc(OC)c(C)c2)ccc(N)c1=O. The Morgan fingerprint density at radius 1 is 1.18 bits per heavy atom. The van der Waals surface area contributed by atoms with Gasteiger partial charge in [0.15, 0.2) is 0 Å². The molecule has 4 nitrogen and oxygen atoms in total. The summed E-state index contributed by atoms with van der Waals surface area (Å²) in [5.74, 6) is 0.846. The number of methoxy groups -OCH3 is 1. The van der Waals surface area contributed by atoms with E-state index in [-0.39, 0.29) is 5.56 Å². The molecule has 4 heteroatoms. The van der Waals surface area contributed by atoms with Crippen molar-refractivity contribution >= 4 is 5.69 Å². The first-order valence-corrected chi connectivity index (χ1v) is 7.72. The zero-order valence-corrected chi connectivity index (χ0v) is 13.6.